The Kier molecular flexibility index (Phi) is 3.93. The van der Waals surface area contributed by atoms with Crippen molar-refractivity contribution >= 4 is 17.3 Å². The smallest absolute Gasteiger partial charge is 0.169 e. The van der Waals surface area contributed by atoms with Gasteiger partial charge in [-0.2, -0.15) is 0 Å². The molecule has 0 aliphatic carbocycles. The van der Waals surface area contributed by atoms with Crippen molar-refractivity contribution in [1.29, 1.82) is 0 Å². The van der Waals surface area contributed by atoms with E-state index in [0.717, 1.165) is 24.5 Å². The molecule has 0 aromatic carbocycles. The number of nitrogens with zero attached hydrogens (tertiary/aromatic N) is 1. The largest absolute Gasteiger partial charge is 0.391 e. The van der Waals surface area contributed by atoms with Crippen LogP contribution < -0.4 is 5.32 Å². The van der Waals surface area contributed by atoms with Crippen LogP contribution in [0, 0.1) is 0 Å². The zero-order valence-electron chi connectivity index (χ0n) is 8.29. The molecule has 1 rings (SSSR count). The van der Waals surface area contributed by atoms with Gasteiger partial charge in [0.2, 0.25) is 0 Å². The fraction of sp³-hybridized carbons (Fsp3) is 0.889. The van der Waals surface area contributed by atoms with Crippen LogP contribution in [0.5, 0.6) is 0 Å². The SMILES string of the molecule is CCNC(=S)N1C[C@@H](O)CC[C@@H]1C. The van der Waals surface area contributed by atoms with Crippen LogP contribution in [-0.4, -0.2) is 40.4 Å². The lowest BCUT2D eigenvalue weighted by Crippen LogP contribution is -2.51. The molecule has 3 nitrogen and oxygen atoms in total. The van der Waals surface area contributed by atoms with Gasteiger partial charge in [-0.1, -0.05) is 0 Å². The molecule has 0 radical (unpaired) electrons. The van der Waals surface area contributed by atoms with Gasteiger partial charge in [0.1, 0.15) is 0 Å². The lowest BCUT2D eigenvalue weighted by molar-refractivity contribution is 0.0790. The fourth-order valence-corrected chi connectivity index (χ4v) is 2.02. The summed E-state index contributed by atoms with van der Waals surface area (Å²) in [5, 5.41) is 13.4. The molecule has 0 saturated carbocycles. The maximum absolute atomic E-state index is 9.49. The molecule has 0 unspecified atom stereocenters. The maximum atomic E-state index is 9.49. The minimum absolute atomic E-state index is 0.215. The zero-order valence-corrected chi connectivity index (χ0v) is 9.10. The summed E-state index contributed by atoms with van der Waals surface area (Å²) in [5.74, 6) is 0. The first-order valence-corrected chi connectivity index (χ1v) is 5.28. The van der Waals surface area contributed by atoms with E-state index in [1.165, 1.54) is 0 Å². The number of β-amino-alcohol motifs (C(OH)–C–C–N with tert-alkyl or cyclic N) is 1. The van der Waals surface area contributed by atoms with Gasteiger partial charge in [0.25, 0.3) is 0 Å². The van der Waals surface area contributed by atoms with Gasteiger partial charge in [-0.05, 0) is 38.9 Å². The van der Waals surface area contributed by atoms with Gasteiger partial charge >= 0.3 is 0 Å². The van der Waals surface area contributed by atoms with E-state index < -0.39 is 0 Å². The number of likely N-dealkylation sites (tertiary alicyclic amines) is 1. The van der Waals surface area contributed by atoms with Crippen LogP contribution in [-0.2, 0) is 0 Å². The molecular formula is C9H18N2OS. The normalized spacial score (nSPS) is 28.7. The second-order valence-electron chi connectivity index (χ2n) is 3.57. The molecule has 0 aromatic rings. The molecule has 76 valence electrons. The van der Waals surface area contributed by atoms with Crippen LogP contribution in [0.1, 0.15) is 26.7 Å². The summed E-state index contributed by atoms with van der Waals surface area (Å²) in [5.41, 5.74) is 0. The van der Waals surface area contributed by atoms with E-state index in [4.69, 9.17) is 12.2 Å². The summed E-state index contributed by atoms with van der Waals surface area (Å²) in [6.07, 6.45) is 1.70. The van der Waals surface area contributed by atoms with Crippen LogP contribution >= 0.6 is 12.2 Å². The van der Waals surface area contributed by atoms with Crippen molar-refractivity contribution in [2.24, 2.45) is 0 Å². The second kappa shape index (κ2) is 4.77. The van der Waals surface area contributed by atoms with E-state index in [0.29, 0.717) is 12.6 Å². The molecule has 2 atom stereocenters. The Hall–Kier alpha value is -0.350. The third-order valence-corrected chi connectivity index (χ3v) is 2.82. The maximum Gasteiger partial charge on any atom is 0.169 e. The molecule has 0 bridgehead atoms. The summed E-state index contributed by atoms with van der Waals surface area (Å²) in [4.78, 5) is 2.08. The third-order valence-electron chi connectivity index (χ3n) is 2.45. The van der Waals surface area contributed by atoms with E-state index >= 15 is 0 Å². The van der Waals surface area contributed by atoms with Crippen molar-refractivity contribution in [1.82, 2.24) is 10.2 Å². The highest BCUT2D eigenvalue weighted by atomic mass is 32.1. The number of thiocarbonyl (C=S) groups is 1. The minimum atomic E-state index is -0.215. The lowest BCUT2D eigenvalue weighted by Gasteiger charge is -2.37. The van der Waals surface area contributed by atoms with Crippen LogP contribution in [0.25, 0.3) is 0 Å². The molecule has 1 aliphatic rings. The summed E-state index contributed by atoms with van der Waals surface area (Å²) in [6.45, 7) is 5.69. The molecule has 2 N–H and O–H groups in total. The number of aliphatic hydroxyl groups is 1. The van der Waals surface area contributed by atoms with Gasteiger partial charge in [-0.3, -0.25) is 0 Å². The van der Waals surface area contributed by atoms with Crippen LogP contribution in [0.4, 0.5) is 0 Å². The first-order valence-electron chi connectivity index (χ1n) is 4.87. The van der Waals surface area contributed by atoms with E-state index in [1.807, 2.05) is 6.92 Å². The van der Waals surface area contributed by atoms with Gasteiger partial charge in [-0.15, -0.1) is 0 Å². The average Bonchev–Trinajstić information content (AvgIpc) is 2.09. The van der Waals surface area contributed by atoms with E-state index in [2.05, 4.69) is 17.1 Å². The number of rotatable bonds is 1. The molecule has 1 saturated heterocycles. The van der Waals surface area contributed by atoms with Crippen molar-refractivity contribution in [2.75, 3.05) is 13.1 Å². The Bertz CT molecular complexity index is 186. The van der Waals surface area contributed by atoms with Crippen LogP contribution in [0.3, 0.4) is 0 Å². The number of hydrogen-bond donors (Lipinski definition) is 2. The summed E-state index contributed by atoms with van der Waals surface area (Å²) >= 11 is 5.21. The second-order valence-corrected chi connectivity index (χ2v) is 3.95. The van der Waals surface area contributed by atoms with E-state index in [1.54, 1.807) is 0 Å². The Labute approximate surface area is 85.1 Å². The van der Waals surface area contributed by atoms with E-state index in [9.17, 15) is 5.11 Å². The van der Waals surface area contributed by atoms with E-state index in [-0.39, 0.29) is 6.10 Å². The zero-order chi connectivity index (χ0) is 9.84. The molecule has 4 heteroatoms. The Morgan fingerprint density at radius 2 is 2.31 bits per heavy atom. The van der Waals surface area contributed by atoms with Crippen molar-refractivity contribution in [3.8, 4) is 0 Å². The van der Waals surface area contributed by atoms with Crippen molar-refractivity contribution < 1.29 is 5.11 Å². The average molecular weight is 202 g/mol. The lowest BCUT2D eigenvalue weighted by atomic mass is 10.0. The molecule has 13 heavy (non-hydrogen) atoms. The molecule has 0 spiro atoms. The van der Waals surface area contributed by atoms with Gasteiger partial charge in [-0.25, -0.2) is 0 Å². The fourth-order valence-electron chi connectivity index (χ4n) is 1.62. The number of aliphatic hydroxyl groups excluding tert-OH is 1. The topological polar surface area (TPSA) is 35.5 Å². The first-order chi connectivity index (χ1) is 6.15. The van der Waals surface area contributed by atoms with Crippen molar-refractivity contribution in [3.05, 3.63) is 0 Å². The third kappa shape index (κ3) is 2.81. The number of nitrogens with one attached hydrogen (secondary N) is 1. The molecule has 1 heterocycles. The van der Waals surface area contributed by atoms with Gasteiger partial charge in [0, 0.05) is 19.1 Å². The van der Waals surface area contributed by atoms with Crippen LogP contribution in [0.15, 0.2) is 0 Å². The van der Waals surface area contributed by atoms with Crippen LogP contribution in [0.2, 0.25) is 0 Å². The Morgan fingerprint density at radius 3 is 2.92 bits per heavy atom. The summed E-state index contributed by atoms with van der Waals surface area (Å²) in [6, 6.07) is 0.454. The predicted molar refractivity (Wildman–Crippen MR) is 57.7 cm³/mol. The molecule has 1 fully saturated rings. The standard InChI is InChI=1S/C9H18N2OS/c1-3-10-9(13)11-6-8(12)5-4-7(11)2/h7-8,12H,3-6H2,1-2H3,(H,10,13)/t7-,8-/m0/s1. The molecule has 1 aliphatic heterocycles. The summed E-state index contributed by atoms with van der Waals surface area (Å²) < 4.78 is 0. The molecule has 0 amide bonds. The van der Waals surface area contributed by atoms with Crippen molar-refractivity contribution in [2.45, 2.75) is 38.8 Å². The predicted octanol–water partition coefficient (Wildman–Crippen LogP) is 0.726. The highest BCUT2D eigenvalue weighted by Gasteiger charge is 2.25. The Balaban J connectivity index is 2.50. The van der Waals surface area contributed by atoms with Gasteiger partial charge < -0.3 is 15.3 Å². The highest BCUT2D eigenvalue weighted by molar-refractivity contribution is 7.80. The minimum Gasteiger partial charge on any atom is -0.391 e. The quantitative estimate of drug-likeness (QED) is 0.614. The highest BCUT2D eigenvalue weighted by Crippen LogP contribution is 2.16. The number of piperidine rings is 1. The monoisotopic (exact) mass is 202 g/mol. The number of hydrogen-bond acceptors (Lipinski definition) is 2. The van der Waals surface area contributed by atoms with Gasteiger partial charge in [0.15, 0.2) is 5.11 Å². The molecular weight excluding hydrogens is 184 g/mol. The van der Waals surface area contributed by atoms with Gasteiger partial charge in [0.05, 0.1) is 6.10 Å². The molecule has 0 aromatic heterocycles. The Morgan fingerprint density at radius 1 is 1.62 bits per heavy atom. The first kappa shape index (κ1) is 10.7. The summed E-state index contributed by atoms with van der Waals surface area (Å²) in [7, 11) is 0. The van der Waals surface area contributed by atoms with Crippen molar-refractivity contribution in [3.63, 3.8) is 0 Å².